The zero-order valence-corrected chi connectivity index (χ0v) is 18.3. The molecule has 0 N–H and O–H groups in total. The summed E-state index contributed by atoms with van der Waals surface area (Å²) in [5.74, 6) is 2.12. The molecule has 2 aliphatic rings. The molecule has 5 rings (SSSR count). The van der Waals surface area contributed by atoms with Crippen molar-refractivity contribution in [1.29, 1.82) is 0 Å². The van der Waals surface area contributed by atoms with Crippen LogP contribution in [0.5, 0.6) is 0 Å². The van der Waals surface area contributed by atoms with Crippen LogP contribution in [0.1, 0.15) is 54.9 Å². The maximum atomic E-state index is 12.9. The Bertz CT molecular complexity index is 1060. The van der Waals surface area contributed by atoms with Crippen molar-refractivity contribution in [3.63, 3.8) is 0 Å². The predicted molar refractivity (Wildman–Crippen MR) is 123 cm³/mol. The van der Waals surface area contributed by atoms with Gasteiger partial charge in [-0.25, -0.2) is 0 Å². The van der Waals surface area contributed by atoms with Crippen molar-refractivity contribution in [2.75, 3.05) is 13.1 Å². The highest BCUT2D eigenvalue weighted by Crippen LogP contribution is 2.40. The number of aromatic nitrogens is 2. The van der Waals surface area contributed by atoms with Gasteiger partial charge in [0.1, 0.15) is 0 Å². The first kappa shape index (κ1) is 20.7. The zero-order valence-electron chi connectivity index (χ0n) is 18.3. The lowest BCUT2D eigenvalue weighted by molar-refractivity contribution is -0.133. The summed E-state index contributed by atoms with van der Waals surface area (Å²) in [5, 5.41) is 4.44. The number of piperidine rings is 1. The Morgan fingerprint density at radius 3 is 2.31 bits per heavy atom. The number of amides is 1. The van der Waals surface area contributed by atoms with Crippen molar-refractivity contribution in [1.82, 2.24) is 15.0 Å². The highest BCUT2D eigenvalue weighted by atomic mass is 16.5. The van der Waals surface area contributed by atoms with Gasteiger partial charge in [0.05, 0.1) is 11.8 Å². The second kappa shape index (κ2) is 9.11. The number of hydrogen-bond donors (Lipinski definition) is 0. The van der Waals surface area contributed by atoms with Gasteiger partial charge in [0.2, 0.25) is 11.8 Å². The molecule has 3 aromatic rings. The van der Waals surface area contributed by atoms with Crippen LogP contribution in [-0.2, 0) is 16.6 Å². The second-order valence-electron chi connectivity index (χ2n) is 9.02. The number of nitrogens with zero attached hydrogens (tertiary/aromatic N) is 3. The number of carbonyl (C=O) groups excluding carboxylic acids is 1. The lowest BCUT2D eigenvalue weighted by Crippen LogP contribution is -2.46. The standard InChI is InChI=1S/C27H29N3O2/c31-25(20-22-11-7-8-12-22)30-17-15-27(16-18-30,23-13-5-2-6-14-23)26-28-24(32-29-26)19-21-9-3-1-4-10-21/h1-10,13-14,22H,11-12,15-20H2. The summed E-state index contributed by atoms with van der Waals surface area (Å²) in [6, 6.07) is 20.6. The summed E-state index contributed by atoms with van der Waals surface area (Å²) in [6.45, 7) is 1.44. The zero-order chi connectivity index (χ0) is 21.8. The fraction of sp³-hybridized carbons (Fsp3) is 0.370. The molecule has 1 aliphatic carbocycles. The molecular formula is C27H29N3O2. The number of allylic oxidation sites excluding steroid dienone is 2. The van der Waals surface area contributed by atoms with Crippen LogP contribution >= 0.6 is 0 Å². The number of hydrogen-bond acceptors (Lipinski definition) is 4. The van der Waals surface area contributed by atoms with Crippen molar-refractivity contribution in [3.05, 3.63) is 95.7 Å². The molecule has 5 nitrogen and oxygen atoms in total. The smallest absolute Gasteiger partial charge is 0.231 e. The fourth-order valence-corrected chi connectivity index (χ4v) is 5.04. The molecule has 0 bridgehead atoms. The van der Waals surface area contributed by atoms with E-state index in [1.807, 2.05) is 29.2 Å². The summed E-state index contributed by atoms with van der Waals surface area (Å²) < 4.78 is 5.68. The van der Waals surface area contributed by atoms with Gasteiger partial charge in [-0.3, -0.25) is 4.79 Å². The average molecular weight is 428 g/mol. The van der Waals surface area contributed by atoms with E-state index < -0.39 is 0 Å². The van der Waals surface area contributed by atoms with E-state index in [-0.39, 0.29) is 11.3 Å². The van der Waals surface area contributed by atoms with E-state index in [0.717, 1.165) is 50.2 Å². The molecule has 0 spiro atoms. The molecule has 5 heteroatoms. The van der Waals surface area contributed by atoms with Crippen molar-refractivity contribution in [3.8, 4) is 0 Å². The van der Waals surface area contributed by atoms with Crippen molar-refractivity contribution in [2.24, 2.45) is 5.92 Å². The molecule has 0 radical (unpaired) electrons. The first-order valence-corrected chi connectivity index (χ1v) is 11.6. The maximum Gasteiger partial charge on any atom is 0.231 e. The molecule has 1 fully saturated rings. The lowest BCUT2D eigenvalue weighted by atomic mass is 9.72. The van der Waals surface area contributed by atoms with Gasteiger partial charge in [-0.2, -0.15) is 4.98 Å². The Morgan fingerprint density at radius 1 is 0.969 bits per heavy atom. The van der Waals surface area contributed by atoms with Gasteiger partial charge in [0.25, 0.3) is 0 Å². The molecule has 0 saturated carbocycles. The van der Waals surface area contributed by atoms with Gasteiger partial charge in [-0.1, -0.05) is 78.0 Å². The predicted octanol–water partition coefficient (Wildman–Crippen LogP) is 4.93. The summed E-state index contributed by atoms with van der Waals surface area (Å²) in [5.41, 5.74) is 2.02. The molecule has 0 atom stereocenters. The molecule has 1 aliphatic heterocycles. The minimum Gasteiger partial charge on any atom is -0.343 e. The van der Waals surface area contributed by atoms with Gasteiger partial charge in [-0.05, 0) is 42.7 Å². The highest BCUT2D eigenvalue weighted by Gasteiger charge is 2.42. The van der Waals surface area contributed by atoms with Crippen LogP contribution in [0.2, 0.25) is 0 Å². The molecule has 2 aromatic carbocycles. The molecule has 1 saturated heterocycles. The minimum atomic E-state index is -0.328. The van der Waals surface area contributed by atoms with Crippen LogP contribution in [0.3, 0.4) is 0 Å². The van der Waals surface area contributed by atoms with E-state index in [2.05, 4.69) is 53.7 Å². The second-order valence-corrected chi connectivity index (χ2v) is 9.02. The first-order chi connectivity index (χ1) is 15.7. The van der Waals surface area contributed by atoms with E-state index in [9.17, 15) is 4.79 Å². The number of likely N-dealkylation sites (tertiary alicyclic amines) is 1. The minimum absolute atomic E-state index is 0.276. The van der Waals surface area contributed by atoms with Crippen LogP contribution in [0.15, 0.2) is 77.3 Å². The van der Waals surface area contributed by atoms with E-state index >= 15 is 0 Å². The van der Waals surface area contributed by atoms with E-state index in [4.69, 9.17) is 9.51 Å². The van der Waals surface area contributed by atoms with E-state index in [1.165, 1.54) is 5.56 Å². The normalized spacial score (nSPS) is 18.2. The summed E-state index contributed by atoms with van der Waals surface area (Å²) in [7, 11) is 0. The molecule has 0 unspecified atom stereocenters. The Labute approximate surface area is 189 Å². The van der Waals surface area contributed by atoms with Crippen molar-refractivity contribution < 1.29 is 9.32 Å². The van der Waals surface area contributed by atoms with Crippen LogP contribution in [0.4, 0.5) is 0 Å². The van der Waals surface area contributed by atoms with Crippen LogP contribution < -0.4 is 0 Å². The monoisotopic (exact) mass is 427 g/mol. The van der Waals surface area contributed by atoms with Gasteiger partial charge < -0.3 is 9.42 Å². The molecule has 1 amide bonds. The number of rotatable bonds is 6. The Balaban J connectivity index is 1.35. The average Bonchev–Trinajstić information content (AvgIpc) is 3.53. The lowest BCUT2D eigenvalue weighted by Gasteiger charge is -2.40. The van der Waals surface area contributed by atoms with Crippen molar-refractivity contribution >= 4 is 5.91 Å². The quantitative estimate of drug-likeness (QED) is 0.524. The third kappa shape index (κ3) is 4.24. The topological polar surface area (TPSA) is 59.2 Å². The number of carbonyl (C=O) groups is 1. The number of benzene rings is 2. The van der Waals surface area contributed by atoms with Crippen LogP contribution in [0, 0.1) is 5.92 Å². The van der Waals surface area contributed by atoms with Gasteiger partial charge in [-0.15, -0.1) is 0 Å². The van der Waals surface area contributed by atoms with Crippen molar-refractivity contribution in [2.45, 2.75) is 43.9 Å². The molecule has 1 aromatic heterocycles. The molecule has 32 heavy (non-hydrogen) atoms. The molecular weight excluding hydrogens is 398 g/mol. The summed E-state index contributed by atoms with van der Waals surface area (Å²) >= 11 is 0. The van der Waals surface area contributed by atoms with Gasteiger partial charge >= 0.3 is 0 Å². The molecule has 164 valence electrons. The maximum absolute atomic E-state index is 12.9. The SMILES string of the molecule is O=C(CC1CC=CC1)N1CCC(c2ccccc2)(c2noc(Cc3ccccc3)n2)CC1. The summed E-state index contributed by atoms with van der Waals surface area (Å²) in [4.78, 5) is 19.8. The van der Waals surface area contributed by atoms with Gasteiger partial charge in [0, 0.05) is 19.5 Å². The first-order valence-electron chi connectivity index (χ1n) is 11.6. The van der Waals surface area contributed by atoms with Crippen LogP contribution in [-0.4, -0.2) is 34.0 Å². The molecule has 2 heterocycles. The summed E-state index contributed by atoms with van der Waals surface area (Å²) in [6.07, 6.45) is 9.32. The van der Waals surface area contributed by atoms with Crippen LogP contribution in [0.25, 0.3) is 0 Å². The largest absolute Gasteiger partial charge is 0.343 e. The van der Waals surface area contributed by atoms with E-state index in [1.54, 1.807) is 0 Å². The fourth-order valence-electron chi connectivity index (χ4n) is 5.04. The van der Waals surface area contributed by atoms with Gasteiger partial charge in [0.15, 0.2) is 5.82 Å². The Kier molecular flexibility index (Phi) is 5.89. The third-order valence-electron chi connectivity index (χ3n) is 6.96. The Hall–Kier alpha value is -3.21. The highest BCUT2D eigenvalue weighted by molar-refractivity contribution is 5.76. The van der Waals surface area contributed by atoms with E-state index in [0.29, 0.717) is 24.7 Å². The Morgan fingerprint density at radius 2 is 1.62 bits per heavy atom. The third-order valence-corrected chi connectivity index (χ3v) is 6.96.